The monoisotopic (exact) mass is 326 g/mol. The molecule has 0 aliphatic rings. The number of nitrogens with two attached hydrogens (primary N) is 1. The van der Waals surface area contributed by atoms with Crippen molar-refractivity contribution < 1.29 is 9.53 Å². The smallest absolute Gasteiger partial charge is 0.220 e. The normalized spacial score (nSPS) is 11.8. The molecule has 0 aliphatic heterocycles. The Morgan fingerprint density at radius 1 is 1.12 bits per heavy atom. The number of carbonyl (C=O) groups is 1. The Hall–Kier alpha value is -2.49. The van der Waals surface area contributed by atoms with Crippen LogP contribution in [0.25, 0.3) is 0 Å². The molecule has 0 bridgehead atoms. The van der Waals surface area contributed by atoms with Gasteiger partial charge in [-0.15, -0.1) is 0 Å². The van der Waals surface area contributed by atoms with Gasteiger partial charge in [0, 0.05) is 17.7 Å². The van der Waals surface area contributed by atoms with E-state index in [-0.39, 0.29) is 11.9 Å². The van der Waals surface area contributed by atoms with E-state index in [1.807, 2.05) is 55.5 Å². The van der Waals surface area contributed by atoms with Crippen molar-refractivity contribution >= 4 is 11.6 Å². The first-order chi connectivity index (χ1) is 11.7. The zero-order valence-corrected chi connectivity index (χ0v) is 14.4. The lowest BCUT2D eigenvalue weighted by atomic mass is 10.0. The molecule has 1 atom stereocenters. The van der Waals surface area contributed by atoms with Gasteiger partial charge in [-0.05, 0) is 37.5 Å². The van der Waals surface area contributed by atoms with Crippen LogP contribution in [-0.2, 0) is 11.2 Å². The third-order valence-corrected chi connectivity index (χ3v) is 4.01. The number of ether oxygens (including phenoxy) is 1. The van der Waals surface area contributed by atoms with Crippen LogP contribution >= 0.6 is 0 Å². The van der Waals surface area contributed by atoms with Gasteiger partial charge in [0.15, 0.2) is 0 Å². The van der Waals surface area contributed by atoms with Crippen LogP contribution < -0.4 is 15.8 Å². The third kappa shape index (κ3) is 4.75. The van der Waals surface area contributed by atoms with Crippen LogP contribution in [0.2, 0.25) is 0 Å². The van der Waals surface area contributed by atoms with E-state index in [4.69, 9.17) is 10.5 Å². The van der Waals surface area contributed by atoms with Crippen LogP contribution in [-0.4, -0.2) is 12.5 Å². The second-order valence-corrected chi connectivity index (χ2v) is 5.70. The Kier molecular flexibility index (Phi) is 6.67. The lowest BCUT2D eigenvalue weighted by molar-refractivity contribution is -0.121. The molecule has 0 saturated heterocycles. The maximum Gasteiger partial charge on any atom is 0.220 e. The third-order valence-electron chi connectivity index (χ3n) is 4.01. The van der Waals surface area contributed by atoms with Gasteiger partial charge in [0.25, 0.3) is 0 Å². The van der Waals surface area contributed by atoms with Crippen molar-refractivity contribution in [1.29, 1.82) is 0 Å². The summed E-state index contributed by atoms with van der Waals surface area (Å²) in [5.41, 5.74) is 8.70. The van der Waals surface area contributed by atoms with Gasteiger partial charge in [0.2, 0.25) is 5.91 Å². The fourth-order valence-corrected chi connectivity index (χ4v) is 2.73. The maximum absolute atomic E-state index is 12.3. The van der Waals surface area contributed by atoms with E-state index in [2.05, 4.69) is 12.2 Å². The number of rotatable bonds is 8. The second kappa shape index (κ2) is 8.96. The molecule has 1 unspecified atom stereocenters. The van der Waals surface area contributed by atoms with E-state index in [1.165, 1.54) is 0 Å². The van der Waals surface area contributed by atoms with E-state index in [0.717, 1.165) is 29.0 Å². The van der Waals surface area contributed by atoms with Gasteiger partial charge in [0.1, 0.15) is 5.75 Å². The topological polar surface area (TPSA) is 64.3 Å². The molecule has 3 N–H and O–H groups in total. The predicted octanol–water partition coefficient (Wildman–Crippen LogP) is 3.87. The standard InChI is InChI=1S/C20H26N2O2/c1-3-18(16-10-6-8-12-19(16)24-4-2)22-20(23)14-13-15-9-5-7-11-17(15)21/h5-12,18H,3-4,13-14,21H2,1-2H3,(H,22,23). The van der Waals surface area contributed by atoms with Crippen LogP contribution in [0, 0.1) is 0 Å². The van der Waals surface area contributed by atoms with Gasteiger partial charge in [0.05, 0.1) is 12.6 Å². The summed E-state index contributed by atoms with van der Waals surface area (Å²) in [5.74, 6) is 0.857. The van der Waals surface area contributed by atoms with Crippen molar-refractivity contribution in [3.05, 3.63) is 59.7 Å². The van der Waals surface area contributed by atoms with Gasteiger partial charge in [-0.3, -0.25) is 4.79 Å². The van der Waals surface area contributed by atoms with E-state index in [9.17, 15) is 4.79 Å². The predicted molar refractivity (Wildman–Crippen MR) is 98.0 cm³/mol. The Morgan fingerprint density at radius 2 is 1.83 bits per heavy atom. The molecule has 0 radical (unpaired) electrons. The number of hydrogen-bond acceptors (Lipinski definition) is 3. The SMILES string of the molecule is CCOc1ccccc1C(CC)NC(=O)CCc1ccccc1N. The highest BCUT2D eigenvalue weighted by atomic mass is 16.5. The Balaban J connectivity index is 2.00. The molecule has 24 heavy (non-hydrogen) atoms. The fraction of sp³-hybridized carbons (Fsp3) is 0.350. The quantitative estimate of drug-likeness (QED) is 0.724. The molecule has 0 saturated carbocycles. The van der Waals surface area contributed by atoms with Crippen molar-refractivity contribution in [1.82, 2.24) is 5.32 Å². The fourth-order valence-electron chi connectivity index (χ4n) is 2.73. The Labute approximate surface area is 144 Å². The van der Waals surface area contributed by atoms with Gasteiger partial charge in [-0.25, -0.2) is 0 Å². The second-order valence-electron chi connectivity index (χ2n) is 5.70. The molecular weight excluding hydrogens is 300 g/mol. The molecule has 0 spiro atoms. The van der Waals surface area contributed by atoms with E-state index >= 15 is 0 Å². The number of anilines is 1. The first-order valence-electron chi connectivity index (χ1n) is 8.50. The molecule has 2 aromatic rings. The van der Waals surface area contributed by atoms with Crippen LogP contribution in [0.1, 0.15) is 43.9 Å². The zero-order chi connectivity index (χ0) is 17.4. The summed E-state index contributed by atoms with van der Waals surface area (Å²) in [4.78, 5) is 12.3. The summed E-state index contributed by atoms with van der Waals surface area (Å²) in [7, 11) is 0. The Bertz CT molecular complexity index is 670. The number of para-hydroxylation sites is 2. The first-order valence-corrected chi connectivity index (χ1v) is 8.50. The first kappa shape index (κ1) is 17.9. The number of carbonyl (C=O) groups excluding carboxylic acids is 1. The number of nitrogen functional groups attached to an aromatic ring is 1. The maximum atomic E-state index is 12.3. The van der Waals surface area contributed by atoms with Gasteiger partial charge in [-0.1, -0.05) is 43.3 Å². The molecule has 0 aliphatic carbocycles. The average molecular weight is 326 g/mol. The lowest BCUT2D eigenvalue weighted by Gasteiger charge is -2.20. The molecular formula is C20H26N2O2. The van der Waals surface area contributed by atoms with Crippen molar-refractivity contribution in [3.63, 3.8) is 0 Å². The van der Waals surface area contributed by atoms with Crippen LogP contribution in [0.4, 0.5) is 5.69 Å². The van der Waals surface area contributed by atoms with Crippen molar-refractivity contribution in [2.45, 2.75) is 39.2 Å². The minimum Gasteiger partial charge on any atom is -0.494 e. The largest absolute Gasteiger partial charge is 0.494 e. The van der Waals surface area contributed by atoms with E-state index < -0.39 is 0 Å². The highest BCUT2D eigenvalue weighted by Gasteiger charge is 2.16. The number of hydrogen-bond donors (Lipinski definition) is 2. The van der Waals surface area contributed by atoms with Gasteiger partial charge >= 0.3 is 0 Å². The lowest BCUT2D eigenvalue weighted by Crippen LogP contribution is -2.28. The highest BCUT2D eigenvalue weighted by Crippen LogP contribution is 2.27. The molecule has 2 aromatic carbocycles. The van der Waals surface area contributed by atoms with Crippen LogP contribution in [0.3, 0.4) is 0 Å². The van der Waals surface area contributed by atoms with Crippen molar-refractivity contribution in [2.24, 2.45) is 0 Å². The summed E-state index contributed by atoms with van der Waals surface area (Å²) in [6.45, 7) is 4.62. The number of amides is 1. The molecule has 0 heterocycles. The summed E-state index contributed by atoms with van der Waals surface area (Å²) in [6.07, 6.45) is 1.87. The highest BCUT2D eigenvalue weighted by molar-refractivity contribution is 5.77. The zero-order valence-electron chi connectivity index (χ0n) is 14.4. The van der Waals surface area contributed by atoms with E-state index in [1.54, 1.807) is 0 Å². The molecule has 4 heteroatoms. The minimum absolute atomic E-state index is 0.0244. The van der Waals surface area contributed by atoms with Crippen LogP contribution in [0.5, 0.6) is 5.75 Å². The minimum atomic E-state index is -0.0478. The van der Waals surface area contributed by atoms with Gasteiger partial charge in [-0.2, -0.15) is 0 Å². The number of aryl methyl sites for hydroxylation is 1. The van der Waals surface area contributed by atoms with Crippen molar-refractivity contribution in [3.8, 4) is 5.75 Å². The summed E-state index contributed by atoms with van der Waals surface area (Å²) < 4.78 is 5.68. The van der Waals surface area contributed by atoms with Crippen LogP contribution in [0.15, 0.2) is 48.5 Å². The summed E-state index contributed by atoms with van der Waals surface area (Å²) >= 11 is 0. The Morgan fingerprint density at radius 3 is 2.54 bits per heavy atom. The number of benzene rings is 2. The molecule has 0 aromatic heterocycles. The molecule has 128 valence electrons. The molecule has 0 fully saturated rings. The molecule has 2 rings (SSSR count). The average Bonchev–Trinajstić information content (AvgIpc) is 2.60. The number of nitrogens with one attached hydrogen (secondary N) is 1. The summed E-state index contributed by atoms with van der Waals surface area (Å²) in [6, 6.07) is 15.5. The molecule has 1 amide bonds. The summed E-state index contributed by atoms with van der Waals surface area (Å²) in [5, 5.41) is 3.11. The van der Waals surface area contributed by atoms with E-state index in [0.29, 0.717) is 19.4 Å². The van der Waals surface area contributed by atoms with Crippen molar-refractivity contribution in [2.75, 3.05) is 12.3 Å². The van der Waals surface area contributed by atoms with Gasteiger partial charge < -0.3 is 15.8 Å². The molecule has 4 nitrogen and oxygen atoms in total.